The van der Waals surface area contributed by atoms with E-state index in [0.717, 1.165) is 90.2 Å². The Balaban J connectivity index is 0.828. The fourth-order valence-electron chi connectivity index (χ4n) is 7.11. The molecule has 1 fully saturated rings. The van der Waals surface area contributed by atoms with Crippen LogP contribution in [0.3, 0.4) is 0 Å². The molecule has 1 saturated heterocycles. The van der Waals surface area contributed by atoms with Crippen molar-refractivity contribution < 1.29 is 24.5 Å². The molecular formula is C40H43N5O6S. The second-order valence-electron chi connectivity index (χ2n) is 13.4. The van der Waals surface area contributed by atoms with E-state index in [9.17, 15) is 24.6 Å². The Bertz CT molecular complexity index is 2090. The zero-order valence-corrected chi connectivity index (χ0v) is 29.7. The quantitative estimate of drug-likeness (QED) is 0.106. The number of rotatable bonds is 12. The summed E-state index contributed by atoms with van der Waals surface area (Å²) in [5.74, 6) is 0.0471. The van der Waals surface area contributed by atoms with E-state index in [1.807, 2.05) is 71.6 Å². The summed E-state index contributed by atoms with van der Waals surface area (Å²) >= 11 is 0.973. The average Bonchev–Trinajstić information content (AvgIpc) is 3.56. The van der Waals surface area contributed by atoms with Crippen molar-refractivity contribution in [1.29, 1.82) is 0 Å². The maximum Gasteiger partial charge on any atom is 0.411 e. The molecule has 0 aliphatic carbocycles. The summed E-state index contributed by atoms with van der Waals surface area (Å²) in [5.41, 5.74) is 6.58. The van der Waals surface area contributed by atoms with Crippen LogP contribution in [-0.2, 0) is 17.6 Å². The van der Waals surface area contributed by atoms with Crippen molar-refractivity contribution in [2.24, 2.45) is 0 Å². The first-order chi connectivity index (χ1) is 25.3. The van der Waals surface area contributed by atoms with Gasteiger partial charge in [-0.1, -0.05) is 78.1 Å². The smallest absolute Gasteiger partial charge is 0.411 e. The van der Waals surface area contributed by atoms with Crippen LogP contribution in [0.15, 0.2) is 89.7 Å². The van der Waals surface area contributed by atoms with E-state index in [1.165, 1.54) is 6.07 Å². The van der Waals surface area contributed by atoms with Gasteiger partial charge in [0.05, 0.1) is 16.5 Å². The number of anilines is 1. The highest BCUT2D eigenvalue weighted by atomic mass is 32.1. The number of hydrogen-bond donors (Lipinski definition) is 5. The molecule has 270 valence electrons. The normalized spacial score (nSPS) is 15.8. The predicted molar refractivity (Wildman–Crippen MR) is 203 cm³/mol. The molecule has 2 amide bonds. The molecule has 0 unspecified atom stereocenters. The van der Waals surface area contributed by atoms with E-state index in [0.29, 0.717) is 42.0 Å². The number of aromatic amines is 1. The second-order valence-corrected chi connectivity index (χ2v) is 14.4. The first-order valence-electron chi connectivity index (χ1n) is 17.8. The lowest BCUT2D eigenvalue weighted by Gasteiger charge is -2.34. The van der Waals surface area contributed by atoms with Gasteiger partial charge in [0.25, 0.3) is 5.91 Å². The molecule has 0 radical (unpaired) electrons. The molecular weight excluding hydrogens is 679 g/mol. The summed E-state index contributed by atoms with van der Waals surface area (Å²) < 4.78 is 6.36. The molecule has 1 atom stereocenters. The number of hydrogen-bond acceptors (Lipinski definition) is 9. The van der Waals surface area contributed by atoms with E-state index in [2.05, 4.69) is 26.6 Å². The van der Waals surface area contributed by atoms with E-state index >= 15 is 0 Å². The van der Waals surface area contributed by atoms with Crippen molar-refractivity contribution in [3.05, 3.63) is 117 Å². The van der Waals surface area contributed by atoms with Gasteiger partial charge in [-0.3, -0.25) is 14.9 Å². The minimum absolute atomic E-state index is 0.0149. The Labute approximate surface area is 305 Å². The van der Waals surface area contributed by atoms with Gasteiger partial charge in [0.2, 0.25) is 0 Å². The fourth-order valence-corrected chi connectivity index (χ4v) is 8.03. The number of ether oxygens (including phenoxy) is 1. The van der Waals surface area contributed by atoms with E-state index in [4.69, 9.17) is 4.74 Å². The first kappa shape index (κ1) is 35.4. The molecule has 0 spiro atoms. The van der Waals surface area contributed by atoms with Crippen LogP contribution in [0.1, 0.15) is 46.0 Å². The summed E-state index contributed by atoms with van der Waals surface area (Å²) in [6.07, 6.45) is 1.61. The number of phenolic OH excluding ortho intramolecular Hbond substituents is 1. The predicted octanol–water partition coefficient (Wildman–Crippen LogP) is 5.54. The SMILES string of the molecule is O=C(Nc1ccccc1-c1ccccc1)OC1CCN(CCN2CCc3cc(CCNC[C@@H](O)c4ccc(O)c5[nH]c(=O)sc45)ccc3C2=O)CC1. The van der Waals surface area contributed by atoms with Gasteiger partial charge in [-0.05, 0) is 67.1 Å². The van der Waals surface area contributed by atoms with Crippen molar-refractivity contribution in [1.82, 2.24) is 20.1 Å². The van der Waals surface area contributed by atoms with Gasteiger partial charge in [0, 0.05) is 56.0 Å². The average molecular weight is 722 g/mol. The van der Waals surface area contributed by atoms with Crippen LogP contribution in [0.25, 0.3) is 21.3 Å². The zero-order chi connectivity index (χ0) is 36.0. The molecule has 5 N–H and O–H groups in total. The van der Waals surface area contributed by atoms with Crippen molar-refractivity contribution >= 4 is 39.2 Å². The molecule has 3 heterocycles. The van der Waals surface area contributed by atoms with E-state index in [-0.39, 0.29) is 22.6 Å². The van der Waals surface area contributed by atoms with Gasteiger partial charge in [0.15, 0.2) is 0 Å². The highest BCUT2D eigenvalue weighted by molar-refractivity contribution is 7.16. The first-order valence-corrected chi connectivity index (χ1v) is 18.6. The highest BCUT2D eigenvalue weighted by Crippen LogP contribution is 2.31. The number of aromatic hydroxyl groups is 1. The van der Waals surface area contributed by atoms with Gasteiger partial charge < -0.3 is 35.1 Å². The summed E-state index contributed by atoms with van der Waals surface area (Å²) in [6.45, 7) is 4.65. The number of H-pyrrole nitrogens is 1. The number of benzene rings is 4. The molecule has 1 aromatic heterocycles. The van der Waals surface area contributed by atoms with E-state index in [1.54, 1.807) is 6.07 Å². The maximum absolute atomic E-state index is 13.4. The topological polar surface area (TPSA) is 147 Å². The molecule has 12 heteroatoms. The Morgan fingerprint density at radius 1 is 0.942 bits per heavy atom. The number of aliphatic hydroxyl groups excluding tert-OH is 1. The van der Waals surface area contributed by atoms with Gasteiger partial charge in [-0.25, -0.2) is 4.79 Å². The number of amides is 2. The van der Waals surface area contributed by atoms with E-state index < -0.39 is 12.2 Å². The number of carbonyl (C=O) groups is 2. The Morgan fingerprint density at radius 2 is 1.73 bits per heavy atom. The zero-order valence-electron chi connectivity index (χ0n) is 28.8. The van der Waals surface area contributed by atoms with Crippen LogP contribution in [0.4, 0.5) is 10.5 Å². The number of aromatic nitrogens is 1. The molecule has 5 aromatic rings. The van der Waals surface area contributed by atoms with Crippen molar-refractivity contribution in [2.45, 2.75) is 37.9 Å². The van der Waals surface area contributed by atoms with Crippen molar-refractivity contribution in [3.8, 4) is 16.9 Å². The lowest BCUT2D eigenvalue weighted by molar-refractivity contribution is 0.0517. The molecule has 11 nitrogen and oxygen atoms in total. The molecule has 0 bridgehead atoms. The molecule has 52 heavy (non-hydrogen) atoms. The largest absolute Gasteiger partial charge is 0.506 e. The molecule has 4 aromatic carbocycles. The molecule has 2 aliphatic rings. The molecule has 0 saturated carbocycles. The van der Waals surface area contributed by atoms with Gasteiger partial charge in [0.1, 0.15) is 17.4 Å². The Hall–Kier alpha value is -5.01. The fraction of sp³-hybridized carbons (Fsp3) is 0.325. The number of thiazole rings is 1. The van der Waals surface area contributed by atoms with Crippen LogP contribution in [0, 0.1) is 0 Å². The number of carbonyl (C=O) groups excluding carboxylic acids is 2. The van der Waals surface area contributed by atoms with Crippen LogP contribution in [0.5, 0.6) is 5.75 Å². The highest BCUT2D eigenvalue weighted by Gasteiger charge is 2.27. The van der Waals surface area contributed by atoms with Crippen molar-refractivity contribution in [3.63, 3.8) is 0 Å². The summed E-state index contributed by atoms with van der Waals surface area (Å²) in [7, 11) is 0. The number of nitrogens with zero attached hydrogens (tertiary/aromatic N) is 2. The number of aliphatic hydroxyl groups is 1. The Morgan fingerprint density at radius 3 is 2.56 bits per heavy atom. The summed E-state index contributed by atoms with van der Waals surface area (Å²) in [4.78, 5) is 44.6. The number of piperidine rings is 1. The van der Waals surface area contributed by atoms with Crippen LogP contribution >= 0.6 is 11.3 Å². The molecule has 2 aliphatic heterocycles. The summed E-state index contributed by atoms with van der Waals surface area (Å²) in [5, 5.41) is 27.0. The lowest BCUT2D eigenvalue weighted by Crippen LogP contribution is -2.45. The molecule has 7 rings (SSSR count). The van der Waals surface area contributed by atoms with Gasteiger partial charge in [-0.15, -0.1) is 0 Å². The summed E-state index contributed by atoms with van der Waals surface area (Å²) in [6, 6.07) is 26.8. The van der Waals surface area contributed by atoms with Gasteiger partial charge >= 0.3 is 11.0 Å². The third kappa shape index (κ3) is 8.21. The number of likely N-dealkylation sites (tertiary alicyclic amines) is 1. The Kier molecular flexibility index (Phi) is 11.0. The number of para-hydroxylation sites is 1. The van der Waals surface area contributed by atoms with Gasteiger partial charge in [-0.2, -0.15) is 0 Å². The third-order valence-electron chi connectivity index (χ3n) is 9.96. The standard InChI is InChI=1S/C40H43N5O6S/c46-34-13-12-32(37-36(34)43-40(50)52-37)35(47)25-41-18-14-26-10-11-31-28(24-26)15-21-45(38(31)48)23-22-44-19-16-29(17-20-44)51-39(49)42-33-9-5-4-8-30(33)27-6-2-1-3-7-27/h1-13,24,29,35,41,46-47H,14-23,25H2,(H,42,49)(H,43,50)/t35-/m1/s1. The lowest BCUT2D eigenvalue weighted by atomic mass is 9.95. The minimum atomic E-state index is -0.831. The second kappa shape index (κ2) is 16.1. The monoisotopic (exact) mass is 721 g/mol. The van der Waals surface area contributed by atoms with Crippen LogP contribution in [-0.4, -0.2) is 88.9 Å². The van der Waals surface area contributed by atoms with Crippen LogP contribution < -0.4 is 15.5 Å². The van der Waals surface area contributed by atoms with Crippen LogP contribution in [0.2, 0.25) is 0 Å². The third-order valence-corrected chi connectivity index (χ3v) is 10.9. The number of phenols is 1. The minimum Gasteiger partial charge on any atom is -0.506 e. The number of fused-ring (bicyclic) bond motifs is 2. The maximum atomic E-state index is 13.4. The number of nitrogens with one attached hydrogen (secondary N) is 3. The van der Waals surface area contributed by atoms with Crippen molar-refractivity contribution in [2.75, 3.05) is 51.1 Å².